The van der Waals surface area contributed by atoms with Crippen LogP contribution < -0.4 is 0 Å². The van der Waals surface area contributed by atoms with Crippen molar-refractivity contribution < 1.29 is 10.2 Å². The van der Waals surface area contributed by atoms with Gasteiger partial charge in [-0.3, -0.25) is 0 Å². The Balaban J connectivity index is 3.38. The van der Waals surface area contributed by atoms with Gasteiger partial charge >= 0.3 is 0 Å². The van der Waals surface area contributed by atoms with Crippen LogP contribution in [0.5, 0.6) is 0 Å². The van der Waals surface area contributed by atoms with E-state index in [9.17, 15) is 0 Å². The fourth-order valence-electron chi connectivity index (χ4n) is 0.976. The Kier molecular flexibility index (Phi) is 5.64. The molecule has 0 aliphatic rings. The molecule has 0 saturated carbocycles. The molecule has 2 atom stereocenters. The molecule has 0 aliphatic carbocycles. The minimum Gasteiger partial charge on any atom is -0.396 e. The molecule has 0 fully saturated rings. The van der Waals surface area contributed by atoms with Crippen LogP contribution in [0.15, 0.2) is 0 Å². The summed E-state index contributed by atoms with van der Waals surface area (Å²) in [4.78, 5) is 0. The second-order valence-corrected chi connectivity index (χ2v) is 2.98. The van der Waals surface area contributed by atoms with Gasteiger partial charge in [0.1, 0.15) is 0 Å². The largest absolute Gasteiger partial charge is 0.396 e. The van der Waals surface area contributed by atoms with E-state index in [1.807, 2.05) is 0 Å². The monoisotopic (exact) mass is 146 g/mol. The van der Waals surface area contributed by atoms with E-state index in [-0.39, 0.29) is 13.2 Å². The quantitative estimate of drug-likeness (QED) is 0.608. The first-order valence-electron chi connectivity index (χ1n) is 3.94. The van der Waals surface area contributed by atoms with Gasteiger partial charge in [0.05, 0.1) is 0 Å². The Morgan fingerprint density at radius 2 is 1.20 bits per heavy atom. The summed E-state index contributed by atoms with van der Waals surface area (Å²) < 4.78 is 0. The first-order chi connectivity index (χ1) is 4.72. The van der Waals surface area contributed by atoms with Crippen LogP contribution in [0.25, 0.3) is 0 Å². The highest BCUT2D eigenvalue weighted by molar-refractivity contribution is 4.60. The van der Waals surface area contributed by atoms with Crippen molar-refractivity contribution in [2.75, 3.05) is 13.2 Å². The minimum atomic E-state index is 0.261. The van der Waals surface area contributed by atoms with E-state index in [4.69, 9.17) is 10.2 Å². The lowest BCUT2D eigenvalue weighted by molar-refractivity contribution is 0.200. The second kappa shape index (κ2) is 5.69. The normalized spacial score (nSPS) is 16.8. The lowest BCUT2D eigenvalue weighted by Crippen LogP contribution is -2.11. The molecule has 10 heavy (non-hydrogen) atoms. The lowest BCUT2D eigenvalue weighted by Gasteiger charge is -2.17. The van der Waals surface area contributed by atoms with Crippen molar-refractivity contribution in [2.45, 2.75) is 26.7 Å². The SMILES string of the molecule is CC(CCO)C(C)CCO. The molecule has 0 rings (SSSR count). The number of aliphatic hydroxyl groups is 2. The third-order valence-corrected chi connectivity index (χ3v) is 2.14. The maximum atomic E-state index is 8.59. The molecular weight excluding hydrogens is 128 g/mol. The van der Waals surface area contributed by atoms with Crippen LogP contribution in [0.3, 0.4) is 0 Å². The Bertz CT molecular complexity index is 63.7. The fraction of sp³-hybridized carbons (Fsp3) is 1.00. The van der Waals surface area contributed by atoms with E-state index < -0.39 is 0 Å². The third kappa shape index (κ3) is 3.85. The molecule has 0 aromatic rings. The van der Waals surface area contributed by atoms with E-state index in [2.05, 4.69) is 13.8 Å². The number of rotatable bonds is 5. The third-order valence-electron chi connectivity index (χ3n) is 2.14. The fourth-order valence-corrected chi connectivity index (χ4v) is 0.976. The van der Waals surface area contributed by atoms with Gasteiger partial charge in [0.15, 0.2) is 0 Å². The first-order valence-corrected chi connectivity index (χ1v) is 3.94. The summed E-state index contributed by atoms with van der Waals surface area (Å²) in [6, 6.07) is 0. The first kappa shape index (κ1) is 9.92. The molecule has 2 N–H and O–H groups in total. The van der Waals surface area contributed by atoms with Crippen molar-refractivity contribution in [3.8, 4) is 0 Å². The molecule has 0 heterocycles. The summed E-state index contributed by atoms with van der Waals surface area (Å²) >= 11 is 0. The zero-order valence-corrected chi connectivity index (χ0v) is 6.88. The molecule has 0 aliphatic heterocycles. The van der Waals surface area contributed by atoms with Crippen molar-refractivity contribution in [3.63, 3.8) is 0 Å². The van der Waals surface area contributed by atoms with Crippen LogP contribution in [0.1, 0.15) is 26.7 Å². The molecule has 0 bridgehead atoms. The van der Waals surface area contributed by atoms with E-state index in [0.29, 0.717) is 11.8 Å². The molecule has 0 radical (unpaired) electrons. The molecule has 0 aromatic heterocycles. The van der Waals surface area contributed by atoms with Gasteiger partial charge in [0.2, 0.25) is 0 Å². The zero-order chi connectivity index (χ0) is 7.98. The number of hydrogen-bond donors (Lipinski definition) is 2. The maximum absolute atomic E-state index is 8.59. The van der Waals surface area contributed by atoms with Gasteiger partial charge in [0.25, 0.3) is 0 Å². The van der Waals surface area contributed by atoms with Gasteiger partial charge < -0.3 is 10.2 Å². The maximum Gasteiger partial charge on any atom is 0.0433 e. The molecule has 2 nitrogen and oxygen atoms in total. The predicted molar refractivity (Wildman–Crippen MR) is 41.7 cm³/mol. The molecular formula is C8H18O2. The molecule has 0 aromatic carbocycles. The van der Waals surface area contributed by atoms with Crippen LogP contribution in [-0.4, -0.2) is 23.4 Å². The Morgan fingerprint density at radius 1 is 0.900 bits per heavy atom. The van der Waals surface area contributed by atoms with Gasteiger partial charge in [-0.25, -0.2) is 0 Å². The highest BCUT2D eigenvalue weighted by Crippen LogP contribution is 2.16. The van der Waals surface area contributed by atoms with Crippen molar-refractivity contribution in [2.24, 2.45) is 11.8 Å². The standard InChI is InChI=1S/C8H18O2/c1-7(3-5-9)8(2)4-6-10/h7-10H,3-6H2,1-2H3. The summed E-state index contributed by atoms with van der Waals surface area (Å²) in [6.45, 7) is 4.74. The average Bonchev–Trinajstić information content (AvgIpc) is 1.89. The van der Waals surface area contributed by atoms with Crippen molar-refractivity contribution in [3.05, 3.63) is 0 Å². The van der Waals surface area contributed by atoms with E-state index in [0.717, 1.165) is 12.8 Å². The second-order valence-electron chi connectivity index (χ2n) is 2.98. The highest BCUT2D eigenvalue weighted by atomic mass is 16.3. The van der Waals surface area contributed by atoms with Crippen molar-refractivity contribution in [1.29, 1.82) is 0 Å². The predicted octanol–water partition coefficient (Wildman–Crippen LogP) is 1.02. The smallest absolute Gasteiger partial charge is 0.0433 e. The summed E-state index contributed by atoms with van der Waals surface area (Å²) in [5.74, 6) is 1.05. The molecule has 0 spiro atoms. The highest BCUT2D eigenvalue weighted by Gasteiger charge is 2.09. The Hall–Kier alpha value is -0.0800. The summed E-state index contributed by atoms with van der Waals surface area (Å²) in [5, 5.41) is 17.2. The molecule has 2 unspecified atom stereocenters. The van der Waals surface area contributed by atoms with Gasteiger partial charge in [-0.1, -0.05) is 13.8 Å². The summed E-state index contributed by atoms with van der Waals surface area (Å²) in [6.07, 6.45) is 1.70. The van der Waals surface area contributed by atoms with Crippen molar-refractivity contribution >= 4 is 0 Å². The van der Waals surface area contributed by atoms with Crippen molar-refractivity contribution in [1.82, 2.24) is 0 Å². The number of hydrogen-bond acceptors (Lipinski definition) is 2. The van der Waals surface area contributed by atoms with Crippen LogP contribution in [0.2, 0.25) is 0 Å². The van der Waals surface area contributed by atoms with E-state index >= 15 is 0 Å². The van der Waals surface area contributed by atoms with Crippen LogP contribution in [-0.2, 0) is 0 Å². The summed E-state index contributed by atoms with van der Waals surface area (Å²) in [5.41, 5.74) is 0. The zero-order valence-electron chi connectivity index (χ0n) is 6.88. The Labute approximate surface area is 62.9 Å². The van der Waals surface area contributed by atoms with Gasteiger partial charge in [0, 0.05) is 13.2 Å². The molecule has 62 valence electrons. The topological polar surface area (TPSA) is 40.5 Å². The minimum absolute atomic E-state index is 0.261. The molecule has 2 heteroatoms. The van der Waals surface area contributed by atoms with Crippen LogP contribution in [0, 0.1) is 11.8 Å². The van der Waals surface area contributed by atoms with E-state index in [1.54, 1.807) is 0 Å². The summed E-state index contributed by atoms with van der Waals surface area (Å²) in [7, 11) is 0. The molecule has 0 amide bonds. The van der Waals surface area contributed by atoms with E-state index in [1.165, 1.54) is 0 Å². The average molecular weight is 146 g/mol. The van der Waals surface area contributed by atoms with Crippen LogP contribution in [0.4, 0.5) is 0 Å². The van der Waals surface area contributed by atoms with Gasteiger partial charge in [-0.2, -0.15) is 0 Å². The van der Waals surface area contributed by atoms with Gasteiger partial charge in [-0.15, -0.1) is 0 Å². The Morgan fingerprint density at radius 3 is 1.40 bits per heavy atom. The number of aliphatic hydroxyl groups excluding tert-OH is 2. The molecule has 0 saturated heterocycles. The van der Waals surface area contributed by atoms with Gasteiger partial charge in [-0.05, 0) is 24.7 Å². The lowest BCUT2D eigenvalue weighted by atomic mass is 9.91. The van der Waals surface area contributed by atoms with Crippen LogP contribution >= 0.6 is 0 Å².